The van der Waals surface area contributed by atoms with Gasteiger partial charge < -0.3 is 9.88 Å². The number of likely N-dealkylation sites (tertiary alicyclic amines) is 1. The summed E-state index contributed by atoms with van der Waals surface area (Å²) in [4.78, 5) is 21.4. The standard InChI is InChI=1S/C22H33N3O/c1-5-6-7-17-8-9-21-19(14-17)22(26)20(16(2)23-21)15-25(4)18-10-12-24(3)13-11-18/h8-9,14,18H,5-7,10-13,15H2,1-4H3,(H,23,26). The molecule has 4 heteroatoms. The number of unbranched alkanes of at least 4 members (excludes halogenated alkanes) is 1. The highest BCUT2D eigenvalue weighted by Gasteiger charge is 2.22. The van der Waals surface area contributed by atoms with E-state index in [0.29, 0.717) is 6.04 Å². The average molecular weight is 356 g/mol. The van der Waals surface area contributed by atoms with Crippen molar-refractivity contribution in [1.29, 1.82) is 0 Å². The normalized spacial score (nSPS) is 16.7. The maximum Gasteiger partial charge on any atom is 0.194 e. The van der Waals surface area contributed by atoms with Crippen LogP contribution >= 0.6 is 0 Å². The molecule has 0 spiro atoms. The predicted octanol–water partition coefficient (Wildman–Crippen LogP) is 3.71. The Balaban J connectivity index is 1.86. The summed E-state index contributed by atoms with van der Waals surface area (Å²) in [6.45, 7) is 7.24. The second-order valence-corrected chi connectivity index (χ2v) is 7.99. The van der Waals surface area contributed by atoms with Crippen molar-refractivity contribution in [3.8, 4) is 0 Å². The van der Waals surface area contributed by atoms with E-state index < -0.39 is 0 Å². The van der Waals surface area contributed by atoms with Gasteiger partial charge in [-0.2, -0.15) is 0 Å². The van der Waals surface area contributed by atoms with Gasteiger partial charge in [0.15, 0.2) is 5.43 Å². The SMILES string of the molecule is CCCCc1ccc2[nH]c(C)c(CN(C)C3CCN(C)CC3)c(=O)c2c1. The largest absolute Gasteiger partial charge is 0.358 e. The summed E-state index contributed by atoms with van der Waals surface area (Å²) in [5, 5.41) is 0.844. The van der Waals surface area contributed by atoms with Crippen LogP contribution in [0.4, 0.5) is 0 Å². The molecule has 1 fully saturated rings. The number of aromatic amines is 1. The first-order chi connectivity index (χ1) is 12.5. The van der Waals surface area contributed by atoms with Crippen molar-refractivity contribution >= 4 is 10.9 Å². The third kappa shape index (κ3) is 4.18. The second kappa shape index (κ2) is 8.36. The van der Waals surface area contributed by atoms with E-state index >= 15 is 0 Å². The molecule has 0 radical (unpaired) electrons. The zero-order valence-corrected chi connectivity index (χ0v) is 16.8. The fourth-order valence-corrected chi connectivity index (χ4v) is 4.04. The van der Waals surface area contributed by atoms with Gasteiger partial charge in [0, 0.05) is 34.7 Å². The number of pyridine rings is 1. The molecule has 1 N–H and O–H groups in total. The second-order valence-electron chi connectivity index (χ2n) is 7.99. The minimum atomic E-state index is 0.203. The van der Waals surface area contributed by atoms with Crippen LogP contribution in [0.1, 0.15) is 49.4 Å². The molecule has 1 saturated heterocycles. The Bertz CT molecular complexity index is 803. The van der Waals surface area contributed by atoms with E-state index in [1.54, 1.807) is 0 Å². The van der Waals surface area contributed by atoms with Crippen LogP contribution in [-0.4, -0.2) is 48.0 Å². The number of nitrogens with zero attached hydrogens (tertiary/aromatic N) is 2. The van der Waals surface area contributed by atoms with E-state index in [4.69, 9.17) is 0 Å². The number of fused-ring (bicyclic) bond motifs is 1. The number of benzene rings is 1. The van der Waals surface area contributed by atoms with Crippen molar-refractivity contribution < 1.29 is 0 Å². The van der Waals surface area contributed by atoms with E-state index in [2.05, 4.69) is 54.0 Å². The fraction of sp³-hybridized carbons (Fsp3) is 0.591. The zero-order valence-electron chi connectivity index (χ0n) is 16.8. The smallest absolute Gasteiger partial charge is 0.194 e. The number of rotatable bonds is 6. The van der Waals surface area contributed by atoms with Crippen molar-refractivity contribution in [2.45, 2.75) is 58.5 Å². The third-order valence-corrected chi connectivity index (χ3v) is 5.92. The number of hydrogen-bond donors (Lipinski definition) is 1. The summed E-state index contributed by atoms with van der Waals surface area (Å²) >= 11 is 0. The molecule has 142 valence electrons. The minimum absolute atomic E-state index is 0.203. The first-order valence-corrected chi connectivity index (χ1v) is 10.0. The van der Waals surface area contributed by atoms with Crippen LogP contribution in [0.5, 0.6) is 0 Å². The topological polar surface area (TPSA) is 39.3 Å². The summed E-state index contributed by atoms with van der Waals surface area (Å²) in [5.74, 6) is 0. The van der Waals surface area contributed by atoms with Crippen molar-refractivity contribution in [3.63, 3.8) is 0 Å². The Labute approximate surface area is 157 Å². The van der Waals surface area contributed by atoms with Crippen molar-refractivity contribution in [3.05, 3.63) is 45.2 Å². The van der Waals surface area contributed by atoms with Crippen LogP contribution in [0.2, 0.25) is 0 Å². The average Bonchev–Trinajstić information content (AvgIpc) is 2.64. The molecule has 26 heavy (non-hydrogen) atoms. The number of nitrogens with one attached hydrogen (secondary N) is 1. The first-order valence-electron chi connectivity index (χ1n) is 10.0. The van der Waals surface area contributed by atoms with Crippen molar-refractivity contribution in [1.82, 2.24) is 14.8 Å². The lowest BCUT2D eigenvalue weighted by Crippen LogP contribution is -2.42. The Morgan fingerprint density at radius 3 is 2.69 bits per heavy atom. The van der Waals surface area contributed by atoms with E-state index in [1.807, 2.05) is 6.92 Å². The molecule has 1 aliphatic heterocycles. The highest BCUT2D eigenvalue weighted by molar-refractivity contribution is 5.80. The molecule has 0 unspecified atom stereocenters. The molecule has 0 saturated carbocycles. The van der Waals surface area contributed by atoms with Crippen molar-refractivity contribution in [2.75, 3.05) is 27.2 Å². The Kier molecular flexibility index (Phi) is 6.15. The van der Waals surface area contributed by atoms with Gasteiger partial charge in [0.25, 0.3) is 0 Å². The van der Waals surface area contributed by atoms with Gasteiger partial charge in [-0.05, 0) is 77.5 Å². The molecule has 2 aromatic rings. The Morgan fingerprint density at radius 1 is 1.27 bits per heavy atom. The van der Waals surface area contributed by atoms with Gasteiger partial charge in [-0.25, -0.2) is 0 Å². The maximum absolute atomic E-state index is 13.2. The van der Waals surface area contributed by atoms with E-state index in [0.717, 1.165) is 48.2 Å². The lowest BCUT2D eigenvalue weighted by Gasteiger charge is -2.35. The highest BCUT2D eigenvalue weighted by Crippen LogP contribution is 2.19. The van der Waals surface area contributed by atoms with Crippen LogP contribution in [0.3, 0.4) is 0 Å². The quantitative estimate of drug-likeness (QED) is 0.859. The molecule has 1 aliphatic rings. The van der Waals surface area contributed by atoms with Gasteiger partial charge in [0.05, 0.1) is 0 Å². The lowest BCUT2D eigenvalue weighted by atomic mass is 10.0. The van der Waals surface area contributed by atoms with Gasteiger partial charge in [-0.15, -0.1) is 0 Å². The van der Waals surface area contributed by atoms with E-state index in [1.165, 1.54) is 31.2 Å². The molecular formula is C22H33N3O. The molecule has 3 rings (SSSR count). The Morgan fingerprint density at radius 2 is 2.00 bits per heavy atom. The van der Waals surface area contributed by atoms with Gasteiger partial charge in [-0.3, -0.25) is 9.69 Å². The van der Waals surface area contributed by atoms with Gasteiger partial charge >= 0.3 is 0 Å². The molecule has 0 bridgehead atoms. The van der Waals surface area contributed by atoms with Crippen LogP contribution in [-0.2, 0) is 13.0 Å². The van der Waals surface area contributed by atoms with E-state index in [9.17, 15) is 4.79 Å². The molecule has 0 atom stereocenters. The number of aryl methyl sites for hydroxylation is 2. The molecule has 1 aromatic carbocycles. The molecule has 2 heterocycles. The summed E-state index contributed by atoms with van der Waals surface area (Å²) in [6, 6.07) is 6.88. The summed E-state index contributed by atoms with van der Waals surface area (Å²) in [5.41, 5.74) is 4.35. The molecule has 0 amide bonds. The predicted molar refractivity (Wildman–Crippen MR) is 110 cm³/mol. The van der Waals surface area contributed by atoms with Crippen LogP contribution in [0.25, 0.3) is 10.9 Å². The number of aromatic nitrogens is 1. The lowest BCUT2D eigenvalue weighted by molar-refractivity contribution is 0.139. The first kappa shape index (κ1) is 19.1. The van der Waals surface area contributed by atoms with Crippen molar-refractivity contribution in [2.24, 2.45) is 0 Å². The molecule has 1 aromatic heterocycles. The Hall–Kier alpha value is -1.65. The third-order valence-electron chi connectivity index (χ3n) is 5.92. The number of H-pyrrole nitrogens is 1. The molecular weight excluding hydrogens is 322 g/mol. The summed E-state index contributed by atoms with van der Waals surface area (Å²) < 4.78 is 0. The van der Waals surface area contributed by atoms with Crippen LogP contribution in [0, 0.1) is 6.92 Å². The van der Waals surface area contributed by atoms with Gasteiger partial charge in [0.1, 0.15) is 0 Å². The minimum Gasteiger partial charge on any atom is -0.358 e. The summed E-state index contributed by atoms with van der Waals surface area (Å²) in [7, 11) is 4.35. The highest BCUT2D eigenvalue weighted by atomic mass is 16.1. The fourth-order valence-electron chi connectivity index (χ4n) is 4.04. The van der Waals surface area contributed by atoms with Gasteiger partial charge in [-0.1, -0.05) is 19.4 Å². The van der Waals surface area contributed by atoms with Crippen LogP contribution in [0.15, 0.2) is 23.0 Å². The molecule has 4 nitrogen and oxygen atoms in total. The van der Waals surface area contributed by atoms with E-state index in [-0.39, 0.29) is 5.43 Å². The molecule has 0 aliphatic carbocycles. The maximum atomic E-state index is 13.2. The van der Waals surface area contributed by atoms with Gasteiger partial charge in [0.2, 0.25) is 0 Å². The number of piperidine rings is 1. The number of hydrogen-bond acceptors (Lipinski definition) is 3. The summed E-state index contributed by atoms with van der Waals surface area (Å²) in [6.07, 6.45) is 5.75. The monoisotopic (exact) mass is 355 g/mol. The van der Waals surface area contributed by atoms with Crippen LogP contribution < -0.4 is 5.43 Å². The zero-order chi connectivity index (χ0) is 18.7.